The third kappa shape index (κ3) is 1.67. The molecular formula is C10H11ClTa+. The van der Waals surface area contributed by atoms with Crippen LogP contribution in [0.3, 0.4) is 0 Å². The standard InChI is InChI=1S/2C5H5.ClH.Ta/c2*1-2-4-5-3-1;;/h2*1-5H;1H;/q;;;+1. The van der Waals surface area contributed by atoms with Gasteiger partial charge in [0.2, 0.25) is 0 Å². The number of hydrogen-bond donors (Lipinski definition) is 0. The third-order valence-corrected chi connectivity index (χ3v) is 12.3. The molecular weight excluding hydrogens is 337 g/mol. The van der Waals surface area contributed by atoms with E-state index in [1.165, 1.54) is 0 Å². The molecule has 2 aliphatic rings. The van der Waals surface area contributed by atoms with Gasteiger partial charge in [0.15, 0.2) is 0 Å². The van der Waals surface area contributed by atoms with E-state index >= 15 is 0 Å². The molecule has 0 heterocycles. The van der Waals surface area contributed by atoms with Crippen LogP contribution in [0.1, 0.15) is 1.43 Å². The van der Waals surface area contributed by atoms with E-state index in [-0.39, 0.29) is 1.43 Å². The Balaban J connectivity index is 0.000000845. The maximum Gasteiger partial charge on any atom is 1.00 e. The Morgan fingerprint density at radius 3 is 1.50 bits per heavy atom. The Morgan fingerprint density at radius 1 is 0.833 bits per heavy atom. The van der Waals surface area contributed by atoms with Gasteiger partial charge in [-0.25, -0.2) is 0 Å². The first-order valence-corrected chi connectivity index (χ1v) is 11.7. The predicted molar refractivity (Wildman–Crippen MR) is 51.0 cm³/mol. The van der Waals surface area contributed by atoms with Gasteiger partial charge in [0.25, 0.3) is 0 Å². The number of halogens is 1. The van der Waals surface area contributed by atoms with Crippen molar-refractivity contribution in [2.24, 2.45) is 0 Å². The van der Waals surface area contributed by atoms with Gasteiger partial charge < -0.3 is 0 Å². The quantitative estimate of drug-likeness (QED) is 0.714. The molecule has 0 unspecified atom stereocenters. The molecule has 0 spiro atoms. The van der Waals surface area contributed by atoms with Crippen LogP contribution in [-0.4, -0.2) is 0 Å². The summed E-state index contributed by atoms with van der Waals surface area (Å²) in [6.07, 6.45) is 17.4. The van der Waals surface area contributed by atoms with Crippen molar-refractivity contribution in [3.8, 4) is 0 Å². The minimum absolute atomic E-state index is 0. The Bertz CT molecular complexity index is 229. The summed E-state index contributed by atoms with van der Waals surface area (Å²) < 4.78 is 1.22. The van der Waals surface area contributed by atoms with Crippen LogP contribution in [0.15, 0.2) is 48.6 Å². The second-order valence-electron chi connectivity index (χ2n) is 2.87. The molecule has 0 aromatic carbocycles. The number of rotatable bonds is 2. The molecule has 12 heavy (non-hydrogen) atoms. The molecule has 62 valence electrons. The first kappa shape index (κ1) is 8.58. The fourth-order valence-corrected chi connectivity index (χ4v) is 8.72. The van der Waals surface area contributed by atoms with E-state index in [4.69, 9.17) is 9.19 Å². The second-order valence-corrected chi connectivity index (χ2v) is 12.8. The zero-order valence-electron chi connectivity index (χ0n) is 7.60. The van der Waals surface area contributed by atoms with Crippen LogP contribution in [0.4, 0.5) is 0 Å². The van der Waals surface area contributed by atoms with Crippen molar-refractivity contribution in [3.63, 3.8) is 0 Å². The van der Waals surface area contributed by atoms with Gasteiger partial charge in [-0.2, -0.15) is 0 Å². The maximum absolute atomic E-state index is 6.49. The van der Waals surface area contributed by atoms with E-state index in [0.29, 0.717) is 8.27 Å². The summed E-state index contributed by atoms with van der Waals surface area (Å²) >= 11 is -1.82. The summed E-state index contributed by atoms with van der Waals surface area (Å²) in [5.74, 6) is 0. The molecule has 0 nitrogen and oxygen atoms in total. The van der Waals surface area contributed by atoms with Gasteiger partial charge in [-0.15, -0.1) is 0 Å². The van der Waals surface area contributed by atoms with E-state index < -0.39 is 17.4 Å². The Labute approximate surface area is 84.7 Å². The van der Waals surface area contributed by atoms with Gasteiger partial charge in [0, 0.05) is 0 Å². The van der Waals surface area contributed by atoms with Crippen molar-refractivity contribution in [2.75, 3.05) is 0 Å². The van der Waals surface area contributed by atoms with E-state index in [1.807, 2.05) is 0 Å². The minimum Gasteiger partial charge on any atom is 1.00 e. The van der Waals surface area contributed by atoms with E-state index in [2.05, 4.69) is 48.6 Å². The van der Waals surface area contributed by atoms with Gasteiger partial charge in [-0.05, 0) is 0 Å². The minimum atomic E-state index is -1.82. The average Bonchev–Trinajstić information content (AvgIpc) is 2.77. The van der Waals surface area contributed by atoms with Gasteiger partial charge in [-0.1, -0.05) is 0 Å². The van der Waals surface area contributed by atoms with Gasteiger partial charge in [-0.3, -0.25) is 0 Å². The van der Waals surface area contributed by atoms with Crippen molar-refractivity contribution < 1.29 is 18.8 Å². The molecule has 0 aromatic rings. The van der Waals surface area contributed by atoms with Crippen LogP contribution in [-0.2, 0) is 17.4 Å². The monoisotopic (exact) mass is 347 g/mol. The third-order valence-electron chi connectivity index (χ3n) is 2.03. The molecule has 0 aliphatic heterocycles. The predicted octanol–water partition coefficient (Wildman–Crippen LogP) is 3.70. The van der Waals surface area contributed by atoms with Crippen molar-refractivity contribution >= 4 is 9.19 Å². The van der Waals surface area contributed by atoms with E-state index in [0.717, 1.165) is 0 Å². The van der Waals surface area contributed by atoms with Gasteiger partial charge >= 0.3 is 84.9 Å². The summed E-state index contributed by atoms with van der Waals surface area (Å²) in [4.78, 5) is 0. The molecule has 0 radical (unpaired) electrons. The molecule has 0 fully saturated rings. The van der Waals surface area contributed by atoms with E-state index in [9.17, 15) is 0 Å². The summed E-state index contributed by atoms with van der Waals surface area (Å²) in [6.45, 7) is 0. The molecule has 2 rings (SSSR count). The van der Waals surface area contributed by atoms with E-state index in [1.54, 1.807) is 0 Å². The molecule has 0 amide bonds. The molecule has 0 saturated heterocycles. The number of allylic oxidation sites excluding steroid dienone is 8. The van der Waals surface area contributed by atoms with Crippen LogP contribution in [0.25, 0.3) is 0 Å². The van der Waals surface area contributed by atoms with Gasteiger partial charge in [0.1, 0.15) is 0 Å². The molecule has 2 heteroatoms. The fourth-order valence-electron chi connectivity index (χ4n) is 1.37. The van der Waals surface area contributed by atoms with Crippen LogP contribution < -0.4 is 0 Å². The maximum atomic E-state index is 6.49. The summed E-state index contributed by atoms with van der Waals surface area (Å²) in [5, 5.41) is 0. The van der Waals surface area contributed by atoms with Crippen LogP contribution >= 0.6 is 9.19 Å². The Hall–Kier alpha value is -0.00974. The topological polar surface area (TPSA) is 0 Å². The molecule has 0 bridgehead atoms. The Morgan fingerprint density at radius 2 is 1.17 bits per heavy atom. The van der Waals surface area contributed by atoms with Crippen molar-refractivity contribution in [1.29, 1.82) is 0 Å². The molecule has 0 saturated carbocycles. The molecule has 0 atom stereocenters. The largest absolute Gasteiger partial charge is 1.00 e. The van der Waals surface area contributed by atoms with Crippen molar-refractivity contribution in [3.05, 3.63) is 48.6 Å². The van der Waals surface area contributed by atoms with Crippen LogP contribution in [0, 0.1) is 0 Å². The zero-order valence-corrected chi connectivity index (χ0v) is 10.6. The first-order valence-electron chi connectivity index (χ1n) is 4.02. The zero-order chi connectivity index (χ0) is 8.39. The summed E-state index contributed by atoms with van der Waals surface area (Å²) in [5.41, 5.74) is 0. The summed E-state index contributed by atoms with van der Waals surface area (Å²) in [7, 11) is 6.49. The normalized spacial score (nSPS) is 22.2. The SMILES string of the molecule is [Cl][Ta]([CH]1C=CC=C1)[CH]1C=CC=C1.[H+]. The molecule has 0 aromatic heterocycles. The number of hydrogen-bond acceptors (Lipinski definition) is 0. The average molecular weight is 348 g/mol. The smallest absolute Gasteiger partial charge is 1.00 e. The molecule has 2 aliphatic carbocycles. The van der Waals surface area contributed by atoms with Crippen LogP contribution in [0.5, 0.6) is 0 Å². The summed E-state index contributed by atoms with van der Waals surface area (Å²) in [6, 6.07) is 0. The fraction of sp³-hybridized carbons (Fsp3) is 0.200. The second kappa shape index (κ2) is 3.80. The van der Waals surface area contributed by atoms with Crippen molar-refractivity contribution in [1.82, 2.24) is 0 Å². The Kier molecular flexibility index (Phi) is 2.72. The molecule has 0 N–H and O–H groups in total. The van der Waals surface area contributed by atoms with Gasteiger partial charge in [0.05, 0.1) is 0 Å². The van der Waals surface area contributed by atoms with Crippen LogP contribution in [0.2, 0.25) is 8.27 Å². The first-order chi connectivity index (χ1) is 5.88. The van der Waals surface area contributed by atoms with Crippen molar-refractivity contribution in [2.45, 2.75) is 8.27 Å².